The number of hydrogen-bond acceptors (Lipinski definition) is 4. The minimum Gasteiger partial charge on any atom is -0.399 e. The minimum absolute atomic E-state index is 0.0958. The van der Waals surface area contributed by atoms with E-state index >= 15 is 0 Å². The molecule has 0 atom stereocenters. The third kappa shape index (κ3) is 4.21. The van der Waals surface area contributed by atoms with Crippen molar-refractivity contribution in [3.05, 3.63) is 46.8 Å². The predicted molar refractivity (Wildman–Crippen MR) is 82.1 cm³/mol. The summed E-state index contributed by atoms with van der Waals surface area (Å²) in [6, 6.07) is 7.84. The number of nitrogens with zero attached hydrogens (tertiary/aromatic N) is 1. The first kappa shape index (κ1) is 14.8. The van der Waals surface area contributed by atoms with Gasteiger partial charge in [0.15, 0.2) is 0 Å². The highest BCUT2D eigenvalue weighted by Gasteiger charge is 2.08. The standard InChI is InChI=1S/C13H11BrFN3OS/c14-8-1-4-12(17-6-8)18-13(19)7-20-11-3-2-9(16)5-10(11)15/h1-6H,7,16H2,(H,17,18,19). The second kappa shape index (κ2) is 6.71. The molecule has 0 bridgehead atoms. The second-order valence-electron chi connectivity index (χ2n) is 3.89. The first-order valence-electron chi connectivity index (χ1n) is 5.64. The number of nitrogen functional groups attached to an aromatic ring is 1. The fourth-order valence-corrected chi connectivity index (χ4v) is 2.36. The van der Waals surface area contributed by atoms with Gasteiger partial charge in [-0.15, -0.1) is 11.8 Å². The maximum absolute atomic E-state index is 13.5. The van der Waals surface area contributed by atoms with Crippen molar-refractivity contribution in [2.45, 2.75) is 4.90 Å². The van der Waals surface area contributed by atoms with Crippen LogP contribution in [0.15, 0.2) is 45.9 Å². The number of carbonyl (C=O) groups excluding carboxylic acids is 1. The van der Waals surface area contributed by atoms with Gasteiger partial charge >= 0.3 is 0 Å². The quantitative estimate of drug-likeness (QED) is 0.652. The lowest BCUT2D eigenvalue weighted by Crippen LogP contribution is -2.14. The van der Waals surface area contributed by atoms with Crippen LogP contribution in [0.5, 0.6) is 0 Å². The predicted octanol–water partition coefficient (Wildman–Crippen LogP) is 3.30. The fourth-order valence-electron chi connectivity index (χ4n) is 1.41. The molecule has 3 N–H and O–H groups in total. The molecule has 1 aromatic heterocycles. The van der Waals surface area contributed by atoms with E-state index in [1.807, 2.05) is 0 Å². The van der Waals surface area contributed by atoms with Crippen molar-refractivity contribution >= 4 is 45.1 Å². The van der Waals surface area contributed by atoms with Gasteiger partial charge < -0.3 is 11.1 Å². The minimum atomic E-state index is -0.426. The zero-order valence-corrected chi connectivity index (χ0v) is 12.7. The van der Waals surface area contributed by atoms with E-state index < -0.39 is 5.82 Å². The Morgan fingerprint density at radius 3 is 2.85 bits per heavy atom. The first-order valence-corrected chi connectivity index (χ1v) is 7.41. The monoisotopic (exact) mass is 355 g/mol. The summed E-state index contributed by atoms with van der Waals surface area (Å²) < 4.78 is 14.3. The summed E-state index contributed by atoms with van der Waals surface area (Å²) >= 11 is 4.36. The van der Waals surface area contributed by atoms with E-state index in [4.69, 9.17) is 5.73 Å². The normalized spacial score (nSPS) is 10.3. The molecule has 0 aliphatic carbocycles. The third-order valence-electron chi connectivity index (χ3n) is 2.31. The third-order valence-corrected chi connectivity index (χ3v) is 3.83. The number of thioether (sulfide) groups is 1. The lowest BCUT2D eigenvalue weighted by atomic mass is 10.3. The number of rotatable bonds is 4. The molecule has 1 heterocycles. The van der Waals surface area contributed by atoms with Crippen LogP contribution in [-0.2, 0) is 4.79 Å². The number of nitrogens with one attached hydrogen (secondary N) is 1. The van der Waals surface area contributed by atoms with E-state index in [9.17, 15) is 9.18 Å². The molecule has 0 saturated carbocycles. The summed E-state index contributed by atoms with van der Waals surface area (Å²) in [5.74, 6) is -0.124. The largest absolute Gasteiger partial charge is 0.399 e. The lowest BCUT2D eigenvalue weighted by molar-refractivity contribution is -0.113. The van der Waals surface area contributed by atoms with Gasteiger partial charge in [0.1, 0.15) is 11.6 Å². The SMILES string of the molecule is Nc1ccc(SCC(=O)Nc2ccc(Br)cn2)c(F)c1. The Balaban J connectivity index is 1.90. The lowest BCUT2D eigenvalue weighted by Gasteiger charge is -2.05. The number of pyridine rings is 1. The van der Waals surface area contributed by atoms with Crippen LogP contribution in [-0.4, -0.2) is 16.6 Å². The average Bonchev–Trinajstić information content (AvgIpc) is 2.40. The highest BCUT2D eigenvalue weighted by molar-refractivity contribution is 9.10. The van der Waals surface area contributed by atoms with Gasteiger partial charge in [0.25, 0.3) is 0 Å². The van der Waals surface area contributed by atoms with E-state index in [2.05, 4.69) is 26.2 Å². The van der Waals surface area contributed by atoms with Crippen molar-refractivity contribution in [3.63, 3.8) is 0 Å². The molecular formula is C13H11BrFN3OS. The number of carbonyl (C=O) groups is 1. The van der Waals surface area contributed by atoms with Crippen LogP contribution in [0, 0.1) is 5.82 Å². The van der Waals surface area contributed by atoms with Crippen LogP contribution >= 0.6 is 27.7 Å². The smallest absolute Gasteiger partial charge is 0.235 e. The molecule has 0 spiro atoms. The van der Waals surface area contributed by atoms with Gasteiger partial charge in [0, 0.05) is 21.3 Å². The molecule has 0 fully saturated rings. The molecule has 104 valence electrons. The number of amides is 1. The highest BCUT2D eigenvalue weighted by atomic mass is 79.9. The fraction of sp³-hybridized carbons (Fsp3) is 0.0769. The summed E-state index contributed by atoms with van der Waals surface area (Å²) in [5, 5.41) is 2.63. The first-order chi connectivity index (χ1) is 9.54. The number of aromatic nitrogens is 1. The number of halogens is 2. The van der Waals surface area contributed by atoms with Crippen molar-refractivity contribution in [2.24, 2.45) is 0 Å². The van der Waals surface area contributed by atoms with Gasteiger partial charge in [-0.1, -0.05) is 0 Å². The molecule has 1 aromatic carbocycles. The number of benzene rings is 1. The molecule has 0 aliphatic heterocycles. The molecular weight excluding hydrogens is 345 g/mol. The average molecular weight is 356 g/mol. The number of anilines is 2. The molecule has 0 saturated heterocycles. The zero-order valence-electron chi connectivity index (χ0n) is 10.3. The Kier molecular flexibility index (Phi) is 4.97. The summed E-state index contributed by atoms with van der Waals surface area (Å²) in [4.78, 5) is 16.1. The van der Waals surface area contributed by atoms with Gasteiger partial charge in [-0.3, -0.25) is 4.79 Å². The molecule has 0 aliphatic rings. The molecule has 0 unspecified atom stereocenters. The molecule has 4 nitrogen and oxygen atoms in total. The van der Waals surface area contributed by atoms with Crippen LogP contribution in [0.3, 0.4) is 0 Å². The van der Waals surface area contributed by atoms with Gasteiger partial charge in [-0.2, -0.15) is 0 Å². The van der Waals surface area contributed by atoms with Crippen LogP contribution in [0.4, 0.5) is 15.9 Å². The Morgan fingerprint density at radius 2 is 2.20 bits per heavy atom. The number of hydrogen-bond donors (Lipinski definition) is 2. The molecule has 0 radical (unpaired) electrons. The maximum Gasteiger partial charge on any atom is 0.235 e. The van der Waals surface area contributed by atoms with E-state index in [1.165, 1.54) is 6.07 Å². The topological polar surface area (TPSA) is 68.0 Å². The Bertz CT molecular complexity index is 622. The Labute approximate surface area is 128 Å². The Hall–Kier alpha value is -1.60. The van der Waals surface area contributed by atoms with Crippen LogP contribution in [0.2, 0.25) is 0 Å². The second-order valence-corrected chi connectivity index (χ2v) is 5.82. The zero-order chi connectivity index (χ0) is 14.5. The van der Waals surface area contributed by atoms with Gasteiger partial charge in [-0.05, 0) is 46.3 Å². The van der Waals surface area contributed by atoms with Crippen molar-refractivity contribution in [1.29, 1.82) is 0 Å². The molecule has 2 aromatic rings. The van der Waals surface area contributed by atoms with E-state index in [0.717, 1.165) is 16.2 Å². The summed E-state index contributed by atoms with van der Waals surface area (Å²) in [6.45, 7) is 0. The van der Waals surface area contributed by atoms with E-state index in [-0.39, 0.29) is 11.7 Å². The van der Waals surface area contributed by atoms with Crippen molar-refractivity contribution < 1.29 is 9.18 Å². The van der Waals surface area contributed by atoms with Crippen molar-refractivity contribution in [2.75, 3.05) is 16.8 Å². The van der Waals surface area contributed by atoms with Crippen molar-refractivity contribution in [3.8, 4) is 0 Å². The van der Waals surface area contributed by atoms with E-state index in [1.54, 1.807) is 30.5 Å². The molecule has 2 rings (SSSR count). The summed E-state index contributed by atoms with van der Waals surface area (Å²) in [7, 11) is 0. The molecule has 7 heteroatoms. The van der Waals surface area contributed by atoms with Gasteiger partial charge in [0.05, 0.1) is 5.75 Å². The summed E-state index contributed by atoms with van der Waals surface area (Å²) in [5.41, 5.74) is 5.81. The van der Waals surface area contributed by atoms with Crippen LogP contribution in [0.1, 0.15) is 0 Å². The summed E-state index contributed by atoms with van der Waals surface area (Å²) in [6.07, 6.45) is 1.59. The van der Waals surface area contributed by atoms with Crippen LogP contribution < -0.4 is 11.1 Å². The van der Waals surface area contributed by atoms with Crippen molar-refractivity contribution in [1.82, 2.24) is 4.98 Å². The van der Waals surface area contributed by atoms with Gasteiger partial charge in [-0.25, -0.2) is 9.37 Å². The maximum atomic E-state index is 13.5. The molecule has 20 heavy (non-hydrogen) atoms. The van der Waals surface area contributed by atoms with Crippen LogP contribution in [0.25, 0.3) is 0 Å². The number of nitrogens with two attached hydrogens (primary N) is 1. The van der Waals surface area contributed by atoms with E-state index in [0.29, 0.717) is 16.4 Å². The van der Waals surface area contributed by atoms with Gasteiger partial charge in [0.2, 0.25) is 5.91 Å². The molecule has 1 amide bonds. The Morgan fingerprint density at radius 1 is 1.40 bits per heavy atom. The highest BCUT2D eigenvalue weighted by Crippen LogP contribution is 2.23.